The molecule has 1 heterocycles. The molecule has 1 rings (SSSR count). The normalized spacial score (nSPS) is 14.8. The van der Waals surface area contributed by atoms with E-state index in [4.69, 9.17) is 0 Å². The van der Waals surface area contributed by atoms with E-state index >= 15 is 0 Å². The van der Waals surface area contributed by atoms with E-state index in [1.165, 1.54) is 18.4 Å². The Balaban J connectivity index is 2.76. The average molecular weight is 285 g/mol. The van der Waals surface area contributed by atoms with Crippen LogP contribution < -0.4 is 5.32 Å². The number of hydrogen-bond donors (Lipinski definition) is 1. The third-order valence-corrected chi connectivity index (χ3v) is 3.35. The summed E-state index contributed by atoms with van der Waals surface area (Å²) in [7, 11) is 0. The fourth-order valence-electron chi connectivity index (χ4n) is 1.77. The maximum atomic E-state index is 4.23. The van der Waals surface area contributed by atoms with Crippen LogP contribution in [-0.4, -0.2) is 11.5 Å². The second-order valence-corrected chi connectivity index (χ2v) is 5.21. The van der Waals surface area contributed by atoms with Gasteiger partial charge in [0.2, 0.25) is 0 Å². The van der Waals surface area contributed by atoms with Gasteiger partial charge in [0.1, 0.15) is 0 Å². The van der Waals surface area contributed by atoms with Gasteiger partial charge in [-0.15, -0.1) is 0 Å². The van der Waals surface area contributed by atoms with Gasteiger partial charge in [-0.1, -0.05) is 27.2 Å². The van der Waals surface area contributed by atoms with Crippen molar-refractivity contribution >= 4 is 15.9 Å². The van der Waals surface area contributed by atoms with Gasteiger partial charge in [0, 0.05) is 22.9 Å². The molecule has 3 heteroatoms. The summed E-state index contributed by atoms with van der Waals surface area (Å²) >= 11 is 3.47. The molecule has 2 nitrogen and oxygen atoms in total. The summed E-state index contributed by atoms with van der Waals surface area (Å²) in [6.07, 6.45) is 6.18. The lowest BCUT2D eigenvalue weighted by Crippen LogP contribution is -2.23. The van der Waals surface area contributed by atoms with Gasteiger partial charge in [-0.25, -0.2) is 0 Å². The van der Waals surface area contributed by atoms with Crippen LogP contribution >= 0.6 is 15.9 Å². The van der Waals surface area contributed by atoms with Gasteiger partial charge >= 0.3 is 0 Å². The van der Waals surface area contributed by atoms with Crippen LogP contribution in [0.3, 0.4) is 0 Å². The Hall–Kier alpha value is -0.410. The minimum atomic E-state index is 0.421. The summed E-state index contributed by atoms with van der Waals surface area (Å²) < 4.78 is 1.05. The Labute approximate surface area is 107 Å². The fourth-order valence-corrected chi connectivity index (χ4v) is 2.15. The average Bonchev–Trinajstić information content (AvgIpc) is 2.28. The molecule has 2 unspecified atom stereocenters. The highest BCUT2D eigenvalue weighted by atomic mass is 79.9. The molecule has 0 bridgehead atoms. The minimum absolute atomic E-state index is 0.421. The van der Waals surface area contributed by atoms with E-state index in [-0.39, 0.29) is 0 Å². The van der Waals surface area contributed by atoms with Crippen LogP contribution in [0.25, 0.3) is 0 Å². The van der Waals surface area contributed by atoms with Crippen molar-refractivity contribution < 1.29 is 0 Å². The Kier molecular flexibility index (Phi) is 5.99. The first kappa shape index (κ1) is 13.7. The number of aromatic nitrogens is 1. The summed E-state index contributed by atoms with van der Waals surface area (Å²) in [6, 6.07) is 2.58. The summed E-state index contributed by atoms with van der Waals surface area (Å²) in [5.74, 6) is 0.739. The van der Waals surface area contributed by atoms with Crippen LogP contribution in [0.4, 0.5) is 0 Å². The van der Waals surface area contributed by atoms with Crippen LogP contribution in [0, 0.1) is 5.92 Å². The number of rotatable bonds is 6. The van der Waals surface area contributed by atoms with Crippen molar-refractivity contribution in [2.45, 2.75) is 39.7 Å². The van der Waals surface area contributed by atoms with Gasteiger partial charge < -0.3 is 5.32 Å². The Bertz CT molecular complexity index is 315. The van der Waals surface area contributed by atoms with E-state index in [9.17, 15) is 0 Å². The first-order valence-electron chi connectivity index (χ1n) is 6.01. The second kappa shape index (κ2) is 7.02. The molecule has 0 aliphatic carbocycles. The van der Waals surface area contributed by atoms with Crippen LogP contribution in [0.5, 0.6) is 0 Å². The SMILES string of the molecule is CCNC(CC(C)CC)c1cncc(Br)c1. The van der Waals surface area contributed by atoms with Gasteiger partial charge in [-0.3, -0.25) is 4.98 Å². The molecule has 0 saturated carbocycles. The molecule has 2 atom stereocenters. The van der Waals surface area contributed by atoms with Gasteiger partial charge in [0.05, 0.1) is 0 Å². The van der Waals surface area contributed by atoms with Crippen LogP contribution in [-0.2, 0) is 0 Å². The molecule has 1 aromatic rings. The van der Waals surface area contributed by atoms with Crippen molar-refractivity contribution in [2.24, 2.45) is 5.92 Å². The van der Waals surface area contributed by atoms with E-state index in [0.29, 0.717) is 6.04 Å². The topological polar surface area (TPSA) is 24.9 Å². The predicted molar refractivity (Wildman–Crippen MR) is 72.4 cm³/mol. The lowest BCUT2D eigenvalue weighted by molar-refractivity contribution is 0.407. The fraction of sp³-hybridized carbons (Fsp3) is 0.615. The van der Waals surface area contributed by atoms with Crippen molar-refractivity contribution in [2.75, 3.05) is 6.54 Å². The van der Waals surface area contributed by atoms with Crippen molar-refractivity contribution in [1.29, 1.82) is 0 Å². The van der Waals surface area contributed by atoms with E-state index in [1.54, 1.807) is 0 Å². The molecule has 0 aliphatic heterocycles. The molecule has 0 radical (unpaired) electrons. The predicted octanol–water partition coefficient (Wildman–Crippen LogP) is 3.93. The summed E-state index contributed by atoms with van der Waals surface area (Å²) in [5.41, 5.74) is 1.27. The molecular formula is C13H21BrN2. The molecule has 0 fully saturated rings. The van der Waals surface area contributed by atoms with Crippen LogP contribution in [0.1, 0.15) is 45.2 Å². The van der Waals surface area contributed by atoms with Crippen LogP contribution in [0.15, 0.2) is 22.9 Å². The monoisotopic (exact) mass is 284 g/mol. The Morgan fingerprint density at radius 3 is 2.69 bits per heavy atom. The highest BCUT2D eigenvalue weighted by Crippen LogP contribution is 2.24. The van der Waals surface area contributed by atoms with Gasteiger partial charge in [0.15, 0.2) is 0 Å². The molecule has 16 heavy (non-hydrogen) atoms. The first-order valence-corrected chi connectivity index (χ1v) is 6.80. The van der Waals surface area contributed by atoms with Crippen molar-refractivity contribution in [3.63, 3.8) is 0 Å². The molecule has 0 aromatic carbocycles. The van der Waals surface area contributed by atoms with E-state index in [2.05, 4.69) is 53.1 Å². The smallest absolute Gasteiger partial charge is 0.0410 e. The molecule has 1 aromatic heterocycles. The molecule has 0 saturated heterocycles. The maximum Gasteiger partial charge on any atom is 0.0410 e. The standard InChI is InChI=1S/C13H21BrN2/c1-4-10(3)6-13(16-5-2)11-7-12(14)9-15-8-11/h7-10,13,16H,4-6H2,1-3H3. The highest BCUT2D eigenvalue weighted by Gasteiger charge is 2.13. The maximum absolute atomic E-state index is 4.23. The largest absolute Gasteiger partial charge is 0.310 e. The molecule has 0 aliphatic rings. The minimum Gasteiger partial charge on any atom is -0.310 e. The number of hydrogen-bond acceptors (Lipinski definition) is 2. The van der Waals surface area contributed by atoms with Crippen molar-refractivity contribution in [1.82, 2.24) is 10.3 Å². The third-order valence-electron chi connectivity index (χ3n) is 2.91. The quantitative estimate of drug-likeness (QED) is 0.856. The number of nitrogens with zero attached hydrogens (tertiary/aromatic N) is 1. The van der Waals surface area contributed by atoms with Gasteiger partial charge in [-0.2, -0.15) is 0 Å². The zero-order valence-electron chi connectivity index (χ0n) is 10.3. The zero-order valence-corrected chi connectivity index (χ0v) is 11.9. The highest BCUT2D eigenvalue weighted by molar-refractivity contribution is 9.10. The zero-order chi connectivity index (χ0) is 12.0. The summed E-state index contributed by atoms with van der Waals surface area (Å²) in [6.45, 7) is 7.69. The summed E-state index contributed by atoms with van der Waals surface area (Å²) in [4.78, 5) is 4.23. The summed E-state index contributed by atoms with van der Waals surface area (Å²) in [5, 5.41) is 3.53. The number of pyridine rings is 1. The van der Waals surface area contributed by atoms with E-state index in [0.717, 1.165) is 16.9 Å². The number of nitrogens with one attached hydrogen (secondary N) is 1. The Morgan fingerprint density at radius 2 is 2.12 bits per heavy atom. The molecule has 90 valence electrons. The van der Waals surface area contributed by atoms with Gasteiger partial charge in [0.25, 0.3) is 0 Å². The second-order valence-electron chi connectivity index (χ2n) is 4.30. The lowest BCUT2D eigenvalue weighted by Gasteiger charge is -2.21. The van der Waals surface area contributed by atoms with Gasteiger partial charge in [-0.05, 0) is 46.4 Å². The molecule has 1 N–H and O–H groups in total. The van der Waals surface area contributed by atoms with Crippen molar-refractivity contribution in [3.05, 3.63) is 28.5 Å². The molecule has 0 amide bonds. The first-order chi connectivity index (χ1) is 7.67. The lowest BCUT2D eigenvalue weighted by atomic mass is 9.95. The molecular weight excluding hydrogens is 264 g/mol. The number of halogens is 1. The van der Waals surface area contributed by atoms with Crippen molar-refractivity contribution in [3.8, 4) is 0 Å². The molecule has 0 spiro atoms. The van der Waals surface area contributed by atoms with Crippen LogP contribution in [0.2, 0.25) is 0 Å². The van der Waals surface area contributed by atoms with E-state index < -0.39 is 0 Å². The third kappa shape index (κ3) is 4.22. The van der Waals surface area contributed by atoms with E-state index in [1.807, 2.05) is 12.4 Å². The Morgan fingerprint density at radius 1 is 1.38 bits per heavy atom.